The molecule has 1 unspecified atom stereocenters. The molecule has 0 aromatic heterocycles. The van der Waals surface area contributed by atoms with Gasteiger partial charge in [-0.05, 0) is 38.0 Å². The van der Waals surface area contributed by atoms with Crippen LogP contribution in [-0.4, -0.2) is 32.8 Å². The van der Waals surface area contributed by atoms with Gasteiger partial charge in [0, 0.05) is 12.1 Å². The van der Waals surface area contributed by atoms with E-state index in [1.807, 2.05) is 13.8 Å². The summed E-state index contributed by atoms with van der Waals surface area (Å²) in [6.45, 7) is 3.82. The molecule has 1 aromatic carbocycles. The molecular weight excluding hydrogens is 272 g/mol. The lowest BCUT2D eigenvalue weighted by Gasteiger charge is -2.27. The predicted molar refractivity (Wildman–Crippen MR) is 72.7 cm³/mol. The molecule has 1 aromatic rings. The Labute approximate surface area is 114 Å². The van der Waals surface area contributed by atoms with Crippen molar-refractivity contribution in [2.45, 2.75) is 32.0 Å². The zero-order valence-corrected chi connectivity index (χ0v) is 11.8. The van der Waals surface area contributed by atoms with E-state index >= 15 is 0 Å². The monoisotopic (exact) mass is 291 g/mol. The number of hydrogen-bond donors (Lipinski definition) is 2. The number of nitrogens with one attached hydrogen (secondary N) is 1. The molecular formula is C13H19F2NO2S. The van der Waals surface area contributed by atoms with Gasteiger partial charge >= 0.3 is 0 Å². The van der Waals surface area contributed by atoms with Crippen molar-refractivity contribution in [1.29, 1.82) is 0 Å². The topological polar surface area (TPSA) is 49.3 Å². The Hall–Kier alpha value is -0.850. The van der Waals surface area contributed by atoms with Crippen molar-refractivity contribution in [3.63, 3.8) is 0 Å². The van der Waals surface area contributed by atoms with Crippen LogP contribution in [0.4, 0.5) is 8.78 Å². The minimum Gasteiger partial charge on any atom is -0.309 e. The summed E-state index contributed by atoms with van der Waals surface area (Å²) in [6, 6.07) is 6.15. The summed E-state index contributed by atoms with van der Waals surface area (Å²) in [5.41, 5.74) is 0.569. The smallest absolute Gasteiger partial charge is 0.155 e. The van der Waals surface area contributed by atoms with E-state index in [2.05, 4.69) is 5.32 Å². The van der Waals surface area contributed by atoms with E-state index in [-0.39, 0.29) is 23.7 Å². The SMILES string of the molecule is CC(C)(Cc1ccc(F)cc1)NC[C@H](F)CS(=O)O. The molecule has 0 aliphatic heterocycles. The van der Waals surface area contributed by atoms with Crippen LogP contribution in [-0.2, 0) is 17.5 Å². The van der Waals surface area contributed by atoms with E-state index in [1.165, 1.54) is 12.1 Å². The van der Waals surface area contributed by atoms with Crippen LogP contribution in [0.25, 0.3) is 0 Å². The molecule has 0 aliphatic rings. The molecule has 2 N–H and O–H groups in total. The fourth-order valence-electron chi connectivity index (χ4n) is 1.78. The van der Waals surface area contributed by atoms with Crippen LogP contribution in [0.2, 0.25) is 0 Å². The molecule has 0 amide bonds. The highest BCUT2D eigenvalue weighted by Crippen LogP contribution is 2.13. The summed E-state index contributed by atoms with van der Waals surface area (Å²) < 4.78 is 45.1. The van der Waals surface area contributed by atoms with E-state index < -0.39 is 17.3 Å². The lowest BCUT2D eigenvalue weighted by molar-refractivity contribution is 0.293. The van der Waals surface area contributed by atoms with Crippen molar-refractivity contribution < 1.29 is 17.5 Å². The Morgan fingerprint density at radius 3 is 2.47 bits per heavy atom. The first-order valence-corrected chi connectivity index (χ1v) is 7.27. The van der Waals surface area contributed by atoms with E-state index in [9.17, 15) is 13.0 Å². The first-order chi connectivity index (χ1) is 8.78. The molecule has 6 heteroatoms. The van der Waals surface area contributed by atoms with Gasteiger partial charge in [0.15, 0.2) is 11.1 Å². The summed E-state index contributed by atoms with van der Waals surface area (Å²) in [7, 11) is 0. The Bertz CT molecular complexity index is 423. The van der Waals surface area contributed by atoms with Crippen molar-refractivity contribution in [3.8, 4) is 0 Å². The van der Waals surface area contributed by atoms with Crippen molar-refractivity contribution >= 4 is 11.1 Å². The van der Waals surface area contributed by atoms with Gasteiger partial charge in [0.25, 0.3) is 0 Å². The fraction of sp³-hybridized carbons (Fsp3) is 0.538. The van der Waals surface area contributed by atoms with Crippen LogP contribution in [0.5, 0.6) is 0 Å². The fourth-order valence-corrected chi connectivity index (χ4v) is 2.20. The number of alkyl halides is 1. The molecule has 0 radical (unpaired) electrons. The van der Waals surface area contributed by atoms with Crippen LogP contribution in [0.15, 0.2) is 24.3 Å². The maximum atomic E-state index is 13.3. The minimum atomic E-state index is -2.12. The van der Waals surface area contributed by atoms with Crippen molar-refractivity contribution in [1.82, 2.24) is 5.32 Å². The molecule has 0 saturated carbocycles. The summed E-state index contributed by atoms with van der Waals surface area (Å²) in [4.78, 5) is 0. The van der Waals surface area contributed by atoms with Crippen LogP contribution in [0.1, 0.15) is 19.4 Å². The quantitative estimate of drug-likeness (QED) is 0.758. The second-order valence-electron chi connectivity index (χ2n) is 5.15. The van der Waals surface area contributed by atoms with E-state index in [1.54, 1.807) is 12.1 Å². The van der Waals surface area contributed by atoms with Gasteiger partial charge in [-0.15, -0.1) is 0 Å². The van der Waals surface area contributed by atoms with Gasteiger partial charge in [-0.2, -0.15) is 0 Å². The second kappa shape index (κ2) is 7.07. The van der Waals surface area contributed by atoms with E-state index in [0.717, 1.165) is 5.56 Å². The normalized spacial score (nSPS) is 15.2. The second-order valence-corrected chi connectivity index (χ2v) is 6.13. The molecule has 3 nitrogen and oxygen atoms in total. The van der Waals surface area contributed by atoms with Gasteiger partial charge in [0.1, 0.15) is 12.0 Å². The molecule has 19 heavy (non-hydrogen) atoms. The Kier molecular flexibility index (Phi) is 6.03. The van der Waals surface area contributed by atoms with Crippen LogP contribution < -0.4 is 5.32 Å². The molecule has 0 aliphatic carbocycles. The molecule has 0 fully saturated rings. The van der Waals surface area contributed by atoms with Gasteiger partial charge in [-0.3, -0.25) is 0 Å². The Morgan fingerprint density at radius 2 is 1.95 bits per heavy atom. The highest BCUT2D eigenvalue weighted by molar-refractivity contribution is 7.79. The van der Waals surface area contributed by atoms with Crippen molar-refractivity contribution in [2.75, 3.05) is 12.3 Å². The van der Waals surface area contributed by atoms with Gasteiger partial charge in [0.2, 0.25) is 0 Å². The summed E-state index contributed by atoms with van der Waals surface area (Å²) in [5.74, 6) is -0.677. The minimum absolute atomic E-state index is 0.0144. The molecule has 0 saturated heterocycles. The zero-order valence-electron chi connectivity index (χ0n) is 11.0. The van der Waals surface area contributed by atoms with Gasteiger partial charge in [0.05, 0.1) is 5.75 Å². The molecule has 1 rings (SSSR count). The van der Waals surface area contributed by atoms with Crippen molar-refractivity contribution in [2.24, 2.45) is 0 Å². The van der Waals surface area contributed by atoms with Gasteiger partial charge in [-0.1, -0.05) is 12.1 Å². The number of rotatable bonds is 7. The maximum Gasteiger partial charge on any atom is 0.155 e. The zero-order chi connectivity index (χ0) is 14.5. The van der Waals surface area contributed by atoms with Crippen molar-refractivity contribution in [3.05, 3.63) is 35.6 Å². The highest BCUT2D eigenvalue weighted by atomic mass is 32.2. The van der Waals surface area contributed by atoms with Crippen LogP contribution in [0.3, 0.4) is 0 Å². The number of halogens is 2. The Balaban J connectivity index is 2.47. The van der Waals surface area contributed by atoms with Gasteiger partial charge in [-0.25, -0.2) is 13.0 Å². The molecule has 108 valence electrons. The van der Waals surface area contributed by atoms with Gasteiger partial charge < -0.3 is 9.87 Å². The van der Waals surface area contributed by atoms with E-state index in [4.69, 9.17) is 4.55 Å². The molecule has 2 atom stereocenters. The third-order valence-corrected chi connectivity index (χ3v) is 3.33. The third kappa shape index (κ3) is 6.75. The van der Waals surface area contributed by atoms with Crippen LogP contribution in [0, 0.1) is 5.82 Å². The highest BCUT2D eigenvalue weighted by Gasteiger charge is 2.20. The van der Waals surface area contributed by atoms with E-state index in [0.29, 0.717) is 6.42 Å². The average Bonchev–Trinajstić information content (AvgIpc) is 2.29. The summed E-state index contributed by atoms with van der Waals surface area (Å²) in [5, 5.41) is 3.01. The predicted octanol–water partition coefficient (Wildman–Crippen LogP) is 2.30. The Morgan fingerprint density at radius 1 is 1.37 bits per heavy atom. The first-order valence-electron chi connectivity index (χ1n) is 5.99. The third-order valence-electron chi connectivity index (χ3n) is 2.68. The number of benzene rings is 1. The molecule has 0 spiro atoms. The summed E-state index contributed by atoms with van der Waals surface area (Å²) in [6.07, 6.45) is -0.749. The summed E-state index contributed by atoms with van der Waals surface area (Å²) >= 11 is -2.12. The maximum absolute atomic E-state index is 13.3. The average molecular weight is 291 g/mol. The first kappa shape index (κ1) is 16.2. The molecule has 0 bridgehead atoms. The standard InChI is InChI=1S/C13H19F2NO2S/c1-13(2,16-8-12(15)9-19(17)18)7-10-3-5-11(14)6-4-10/h3-6,12,16H,7-9H2,1-2H3,(H,17,18)/t12-/m0/s1. The largest absolute Gasteiger partial charge is 0.309 e. The lowest BCUT2D eigenvalue weighted by atomic mass is 9.95. The molecule has 0 heterocycles. The van der Waals surface area contributed by atoms with Crippen LogP contribution >= 0.6 is 0 Å². The lowest BCUT2D eigenvalue weighted by Crippen LogP contribution is -2.45. The number of hydrogen-bond acceptors (Lipinski definition) is 2.